The number of hydrogen-bond donors (Lipinski definition) is 1. The number of benzene rings is 3. The molecule has 0 amide bonds. The van der Waals surface area contributed by atoms with Crippen LogP contribution >= 0.6 is 0 Å². The maximum absolute atomic E-state index is 5.94. The molecule has 1 heteroatoms. The lowest BCUT2D eigenvalue weighted by atomic mass is 10.0. The van der Waals surface area contributed by atoms with Crippen LogP contribution in [0.15, 0.2) is 48.5 Å². The van der Waals surface area contributed by atoms with E-state index in [1.165, 1.54) is 16.2 Å². The Labute approximate surface area is 88.1 Å². The van der Waals surface area contributed by atoms with Crippen LogP contribution in [-0.4, -0.2) is 0 Å². The SMILES string of the molecule is Nc1cccc2cc3c[c]ccc3cc12. The minimum atomic E-state index is 0.835. The maximum Gasteiger partial charge on any atom is 0.0393 e. The second kappa shape index (κ2) is 2.99. The molecule has 0 bridgehead atoms. The van der Waals surface area contributed by atoms with E-state index in [9.17, 15) is 0 Å². The van der Waals surface area contributed by atoms with Gasteiger partial charge in [0.2, 0.25) is 0 Å². The molecule has 1 nitrogen and oxygen atoms in total. The normalized spacial score (nSPS) is 10.9. The van der Waals surface area contributed by atoms with E-state index < -0.39 is 0 Å². The van der Waals surface area contributed by atoms with Crippen LogP contribution in [0.3, 0.4) is 0 Å². The number of nitrogens with two attached hydrogens (primary N) is 1. The molecule has 0 fully saturated rings. The molecule has 0 heterocycles. The third-order valence-electron chi connectivity index (χ3n) is 2.72. The molecule has 2 N–H and O–H groups in total. The summed E-state index contributed by atoms with van der Waals surface area (Å²) in [5.74, 6) is 0. The molecule has 0 aliphatic heterocycles. The van der Waals surface area contributed by atoms with Crippen molar-refractivity contribution in [3.8, 4) is 0 Å². The summed E-state index contributed by atoms with van der Waals surface area (Å²) in [5, 5.41) is 4.72. The van der Waals surface area contributed by atoms with Gasteiger partial charge in [0.05, 0.1) is 0 Å². The van der Waals surface area contributed by atoms with Gasteiger partial charge in [0.25, 0.3) is 0 Å². The summed E-state index contributed by atoms with van der Waals surface area (Å²) in [6.07, 6.45) is 0. The molecule has 0 spiro atoms. The molecule has 0 saturated carbocycles. The lowest BCUT2D eigenvalue weighted by Crippen LogP contribution is -1.86. The van der Waals surface area contributed by atoms with Gasteiger partial charge >= 0.3 is 0 Å². The number of nitrogen functional groups attached to an aromatic ring is 1. The van der Waals surface area contributed by atoms with Crippen molar-refractivity contribution in [1.29, 1.82) is 0 Å². The van der Waals surface area contributed by atoms with Crippen LogP contribution in [-0.2, 0) is 0 Å². The zero-order chi connectivity index (χ0) is 10.3. The maximum atomic E-state index is 5.94. The van der Waals surface area contributed by atoms with E-state index in [1.54, 1.807) is 0 Å². The van der Waals surface area contributed by atoms with E-state index in [1.807, 2.05) is 24.3 Å². The van der Waals surface area contributed by atoms with Crippen molar-refractivity contribution in [1.82, 2.24) is 0 Å². The van der Waals surface area contributed by atoms with E-state index in [0.29, 0.717) is 0 Å². The zero-order valence-corrected chi connectivity index (χ0v) is 8.20. The topological polar surface area (TPSA) is 26.0 Å². The van der Waals surface area contributed by atoms with Crippen molar-refractivity contribution >= 4 is 27.2 Å². The van der Waals surface area contributed by atoms with Gasteiger partial charge in [-0.15, -0.1) is 0 Å². The van der Waals surface area contributed by atoms with Crippen LogP contribution in [0.5, 0.6) is 0 Å². The van der Waals surface area contributed by atoms with Crippen molar-refractivity contribution < 1.29 is 0 Å². The largest absolute Gasteiger partial charge is 0.398 e. The number of anilines is 1. The number of hydrogen-bond acceptors (Lipinski definition) is 1. The molecule has 3 aromatic carbocycles. The number of fused-ring (bicyclic) bond motifs is 2. The molecule has 0 aromatic heterocycles. The fraction of sp³-hybridized carbons (Fsp3) is 0. The highest BCUT2D eigenvalue weighted by Gasteiger charge is 1.99. The lowest BCUT2D eigenvalue weighted by Gasteiger charge is -2.04. The predicted molar refractivity (Wildman–Crippen MR) is 64.7 cm³/mol. The highest BCUT2D eigenvalue weighted by molar-refractivity contribution is 6.02. The molecule has 15 heavy (non-hydrogen) atoms. The standard InChI is InChI=1S/C14H10N/c15-14-7-3-6-12-8-10-4-1-2-5-11(10)9-13(12)14/h2-9H,15H2. The Bertz CT molecular complexity index is 641. The molecule has 0 saturated heterocycles. The van der Waals surface area contributed by atoms with Gasteiger partial charge in [0.15, 0.2) is 0 Å². The van der Waals surface area contributed by atoms with E-state index >= 15 is 0 Å². The van der Waals surface area contributed by atoms with Crippen LogP contribution in [0, 0.1) is 6.07 Å². The van der Waals surface area contributed by atoms with Gasteiger partial charge in [-0.05, 0) is 46.5 Å². The summed E-state index contributed by atoms with van der Waals surface area (Å²) < 4.78 is 0. The van der Waals surface area contributed by atoms with Gasteiger partial charge in [-0.2, -0.15) is 0 Å². The molecule has 3 rings (SSSR count). The molecule has 0 unspecified atom stereocenters. The van der Waals surface area contributed by atoms with Crippen molar-refractivity contribution in [2.75, 3.05) is 5.73 Å². The monoisotopic (exact) mass is 192 g/mol. The van der Waals surface area contributed by atoms with E-state index in [-0.39, 0.29) is 0 Å². The van der Waals surface area contributed by atoms with Gasteiger partial charge in [0, 0.05) is 11.1 Å². The summed E-state index contributed by atoms with van der Waals surface area (Å²) in [5.41, 5.74) is 6.77. The van der Waals surface area contributed by atoms with Crippen LogP contribution in [0.2, 0.25) is 0 Å². The fourth-order valence-electron chi connectivity index (χ4n) is 1.93. The van der Waals surface area contributed by atoms with E-state index in [2.05, 4.69) is 30.3 Å². The highest BCUT2D eigenvalue weighted by Crippen LogP contribution is 2.26. The average molecular weight is 192 g/mol. The first-order valence-electron chi connectivity index (χ1n) is 4.93. The van der Waals surface area contributed by atoms with Crippen LogP contribution in [0.1, 0.15) is 0 Å². The summed E-state index contributed by atoms with van der Waals surface area (Å²) in [6.45, 7) is 0. The third kappa shape index (κ3) is 1.24. The second-order valence-electron chi connectivity index (χ2n) is 3.69. The molecule has 3 aromatic rings. The Morgan fingerprint density at radius 1 is 0.933 bits per heavy atom. The van der Waals surface area contributed by atoms with Crippen LogP contribution in [0.4, 0.5) is 5.69 Å². The molecule has 71 valence electrons. The zero-order valence-electron chi connectivity index (χ0n) is 8.20. The molecule has 0 atom stereocenters. The van der Waals surface area contributed by atoms with Gasteiger partial charge < -0.3 is 5.73 Å². The molecular weight excluding hydrogens is 182 g/mol. The van der Waals surface area contributed by atoms with Crippen molar-refractivity contribution in [3.63, 3.8) is 0 Å². The Hall–Kier alpha value is -2.02. The minimum Gasteiger partial charge on any atom is -0.398 e. The van der Waals surface area contributed by atoms with Gasteiger partial charge in [-0.1, -0.05) is 24.3 Å². The smallest absolute Gasteiger partial charge is 0.0393 e. The first kappa shape index (κ1) is 8.30. The molecular formula is C14H10N. The summed E-state index contributed by atoms with van der Waals surface area (Å²) in [6, 6.07) is 19.3. The van der Waals surface area contributed by atoms with Crippen molar-refractivity contribution in [2.45, 2.75) is 0 Å². The Kier molecular flexibility index (Phi) is 1.65. The first-order valence-corrected chi connectivity index (χ1v) is 4.93. The van der Waals surface area contributed by atoms with Crippen molar-refractivity contribution in [2.24, 2.45) is 0 Å². The minimum absolute atomic E-state index is 0.835. The molecule has 0 aliphatic carbocycles. The first-order chi connectivity index (χ1) is 7.34. The highest BCUT2D eigenvalue weighted by atomic mass is 14.5. The summed E-state index contributed by atoms with van der Waals surface area (Å²) >= 11 is 0. The molecule has 1 radical (unpaired) electrons. The third-order valence-corrected chi connectivity index (χ3v) is 2.72. The Balaban J connectivity index is 2.53. The van der Waals surface area contributed by atoms with Gasteiger partial charge in [-0.25, -0.2) is 0 Å². The van der Waals surface area contributed by atoms with Gasteiger partial charge in [0.1, 0.15) is 0 Å². The summed E-state index contributed by atoms with van der Waals surface area (Å²) in [7, 11) is 0. The molecule has 0 aliphatic rings. The van der Waals surface area contributed by atoms with Gasteiger partial charge in [-0.3, -0.25) is 0 Å². The van der Waals surface area contributed by atoms with Crippen LogP contribution < -0.4 is 5.73 Å². The Morgan fingerprint density at radius 3 is 2.80 bits per heavy atom. The van der Waals surface area contributed by atoms with E-state index in [4.69, 9.17) is 5.73 Å². The lowest BCUT2D eigenvalue weighted by molar-refractivity contribution is 1.74. The van der Waals surface area contributed by atoms with Crippen LogP contribution in [0.25, 0.3) is 21.5 Å². The van der Waals surface area contributed by atoms with E-state index in [0.717, 1.165) is 11.1 Å². The second-order valence-corrected chi connectivity index (χ2v) is 3.69. The quantitative estimate of drug-likeness (QED) is 0.429. The summed E-state index contributed by atoms with van der Waals surface area (Å²) in [4.78, 5) is 0. The fourth-order valence-corrected chi connectivity index (χ4v) is 1.93. The number of rotatable bonds is 0. The predicted octanol–water partition coefficient (Wildman–Crippen LogP) is 3.38. The van der Waals surface area contributed by atoms with Crippen molar-refractivity contribution in [3.05, 3.63) is 54.6 Å². The Morgan fingerprint density at radius 2 is 1.87 bits per heavy atom. The average Bonchev–Trinajstić information content (AvgIpc) is 2.27.